The fourth-order valence-corrected chi connectivity index (χ4v) is 1.70. The first-order valence-corrected chi connectivity index (χ1v) is 4.12. The van der Waals surface area contributed by atoms with Crippen LogP contribution in [-0.4, -0.2) is 5.91 Å². The lowest BCUT2D eigenvalue weighted by Crippen LogP contribution is -2.16. The number of nitrogens with zero attached hydrogens (tertiary/aromatic N) is 1. The molecule has 1 radical (unpaired) electrons. The Morgan fingerprint density at radius 1 is 1.36 bits per heavy atom. The number of fused-ring (bicyclic) bond motifs is 1. The quantitative estimate of drug-likeness (QED) is 0.542. The maximum atomic E-state index is 10.8. The van der Waals surface area contributed by atoms with Crippen molar-refractivity contribution < 1.29 is 4.79 Å². The number of benzene rings is 1. The van der Waals surface area contributed by atoms with Gasteiger partial charge in [-0.25, -0.2) is 0 Å². The van der Waals surface area contributed by atoms with Crippen molar-refractivity contribution in [2.45, 2.75) is 11.3 Å². The van der Waals surface area contributed by atoms with E-state index in [0.717, 1.165) is 10.5 Å². The second-order valence-electron chi connectivity index (χ2n) is 2.36. The lowest BCUT2D eigenvalue weighted by atomic mass is 10.1. The standard InChI is InChI=1S/C8H6NOS/c10-8-5-6-3-1-2-4-7(6)11-9-8/h1-4H,5H2. The van der Waals surface area contributed by atoms with E-state index in [2.05, 4.69) is 4.72 Å². The Labute approximate surface area is 69.1 Å². The van der Waals surface area contributed by atoms with Crippen LogP contribution < -0.4 is 4.72 Å². The van der Waals surface area contributed by atoms with Crippen molar-refractivity contribution >= 4 is 17.9 Å². The molecular formula is C8H6NOS. The Morgan fingerprint density at radius 2 is 2.18 bits per heavy atom. The highest BCUT2D eigenvalue weighted by Crippen LogP contribution is 2.25. The van der Waals surface area contributed by atoms with Gasteiger partial charge in [-0.15, -0.1) is 0 Å². The molecule has 3 heteroatoms. The molecule has 0 N–H and O–H groups in total. The summed E-state index contributed by atoms with van der Waals surface area (Å²) in [5.41, 5.74) is 1.09. The van der Waals surface area contributed by atoms with Crippen LogP contribution in [0.25, 0.3) is 0 Å². The first-order valence-electron chi connectivity index (χ1n) is 3.35. The Balaban J connectivity index is 2.41. The molecule has 2 rings (SSSR count). The van der Waals surface area contributed by atoms with Gasteiger partial charge in [0.1, 0.15) is 0 Å². The van der Waals surface area contributed by atoms with Gasteiger partial charge in [-0.05, 0) is 11.6 Å². The summed E-state index contributed by atoms with van der Waals surface area (Å²) in [4.78, 5) is 11.9. The zero-order valence-electron chi connectivity index (χ0n) is 5.78. The fourth-order valence-electron chi connectivity index (χ4n) is 1.03. The predicted octanol–water partition coefficient (Wildman–Crippen LogP) is 1.38. The summed E-state index contributed by atoms with van der Waals surface area (Å²) < 4.78 is 3.75. The van der Waals surface area contributed by atoms with Crippen molar-refractivity contribution in [2.24, 2.45) is 0 Å². The van der Waals surface area contributed by atoms with E-state index in [-0.39, 0.29) is 5.91 Å². The molecule has 1 aromatic carbocycles. The lowest BCUT2D eigenvalue weighted by Gasteiger charge is -2.11. The molecule has 0 saturated carbocycles. The average molecular weight is 164 g/mol. The van der Waals surface area contributed by atoms with Crippen molar-refractivity contribution in [3.63, 3.8) is 0 Å². The van der Waals surface area contributed by atoms with Gasteiger partial charge in [-0.2, -0.15) is 4.72 Å². The van der Waals surface area contributed by atoms with Crippen LogP contribution in [0.3, 0.4) is 0 Å². The van der Waals surface area contributed by atoms with Crippen LogP contribution in [0.4, 0.5) is 0 Å². The molecule has 55 valence electrons. The monoisotopic (exact) mass is 164 g/mol. The maximum Gasteiger partial charge on any atom is 0.257 e. The minimum absolute atomic E-state index is 0.0336. The lowest BCUT2D eigenvalue weighted by molar-refractivity contribution is -0.118. The summed E-state index contributed by atoms with van der Waals surface area (Å²) in [6, 6.07) is 7.85. The van der Waals surface area contributed by atoms with Crippen molar-refractivity contribution in [1.29, 1.82) is 0 Å². The van der Waals surface area contributed by atoms with Gasteiger partial charge >= 0.3 is 0 Å². The Kier molecular flexibility index (Phi) is 1.58. The van der Waals surface area contributed by atoms with Crippen molar-refractivity contribution in [3.05, 3.63) is 29.8 Å². The molecule has 1 aromatic rings. The van der Waals surface area contributed by atoms with Gasteiger partial charge in [0.15, 0.2) is 0 Å². The number of rotatable bonds is 0. The molecule has 11 heavy (non-hydrogen) atoms. The molecular weight excluding hydrogens is 158 g/mol. The van der Waals surface area contributed by atoms with Crippen LogP contribution in [0.15, 0.2) is 29.2 Å². The highest BCUT2D eigenvalue weighted by Gasteiger charge is 2.15. The number of hydrogen-bond acceptors (Lipinski definition) is 2. The Bertz CT molecular complexity index is 298. The molecule has 1 aliphatic heterocycles. The van der Waals surface area contributed by atoms with Gasteiger partial charge in [0, 0.05) is 16.8 Å². The molecule has 0 fully saturated rings. The Morgan fingerprint density at radius 3 is 3.09 bits per heavy atom. The van der Waals surface area contributed by atoms with Gasteiger partial charge in [0.25, 0.3) is 5.91 Å². The second-order valence-corrected chi connectivity index (χ2v) is 3.17. The fraction of sp³-hybridized carbons (Fsp3) is 0.125. The summed E-state index contributed by atoms with van der Waals surface area (Å²) in [5, 5.41) is 0. The molecule has 0 aliphatic carbocycles. The second kappa shape index (κ2) is 2.58. The summed E-state index contributed by atoms with van der Waals surface area (Å²) in [6.45, 7) is 0. The van der Waals surface area contributed by atoms with Gasteiger partial charge in [-0.3, -0.25) is 4.79 Å². The molecule has 1 aliphatic rings. The highest BCUT2D eigenvalue weighted by atomic mass is 32.2. The molecule has 2 nitrogen and oxygen atoms in total. The van der Waals surface area contributed by atoms with Gasteiger partial charge in [0.2, 0.25) is 0 Å². The van der Waals surface area contributed by atoms with Crippen molar-refractivity contribution in [3.8, 4) is 0 Å². The average Bonchev–Trinajstić information content (AvgIpc) is 2.04. The first-order chi connectivity index (χ1) is 5.36. The van der Waals surface area contributed by atoms with Crippen LogP contribution in [0, 0.1) is 0 Å². The normalized spacial score (nSPS) is 15.5. The number of carbonyl (C=O) groups excluding carboxylic acids is 1. The largest absolute Gasteiger partial charge is 0.272 e. The molecule has 1 heterocycles. The third-order valence-electron chi connectivity index (χ3n) is 1.56. The van der Waals surface area contributed by atoms with Crippen LogP contribution >= 0.6 is 11.9 Å². The molecule has 0 saturated heterocycles. The van der Waals surface area contributed by atoms with E-state index >= 15 is 0 Å². The van der Waals surface area contributed by atoms with E-state index in [4.69, 9.17) is 0 Å². The Hall–Kier alpha value is -0.960. The van der Waals surface area contributed by atoms with Crippen LogP contribution in [0.5, 0.6) is 0 Å². The summed E-state index contributed by atoms with van der Waals surface area (Å²) in [6.07, 6.45) is 0.461. The van der Waals surface area contributed by atoms with Gasteiger partial charge in [0.05, 0.1) is 6.42 Å². The summed E-state index contributed by atoms with van der Waals surface area (Å²) in [7, 11) is 0. The van der Waals surface area contributed by atoms with Crippen LogP contribution in [0.1, 0.15) is 5.56 Å². The first kappa shape index (κ1) is 6.73. The van der Waals surface area contributed by atoms with E-state index in [1.807, 2.05) is 24.3 Å². The molecule has 0 atom stereocenters. The third kappa shape index (κ3) is 1.24. The van der Waals surface area contributed by atoms with Gasteiger partial charge < -0.3 is 0 Å². The van der Waals surface area contributed by atoms with E-state index in [1.165, 1.54) is 11.9 Å². The van der Waals surface area contributed by atoms with Crippen molar-refractivity contribution in [2.75, 3.05) is 0 Å². The zero-order valence-corrected chi connectivity index (χ0v) is 6.60. The van der Waals surface area contributed by atoms with E-state index < -0.39 is 0 Å². The maximum absolute atomic E-state index is 10.8. The number of hydrogen-bond donors (Lipinski definition) is 0. The number of carbonyl (C=O) groups is 1. The molecule has 0 spiro atoms. The SMILES string of the molecule is O=C1Cc2ccccc2S[N]1. The predicted molar refractivity (Wildman–Crippen MR) is 43.1 cm³/mol. The molecule has 0 bridgehead atoms. The molecule has 0 aromatic heterocycles. The summed E-state index contributed by atoms with van der Waals surface area (Å²) >= 11 is 1.27. The topological polar surface area (TPSA) is 31.2 Å². The zero-order chi connectivity index (χ0) is 7.68. The smallest absolute Gasteiger partial charge is 0.257 e. The molecule has 0 unspecified atom stereocenters. The molecule has 1 amide bonds. The van der Waals surface area contributed by atoms with E-state index in [0.29, 0.717) is 6.42 Å². The number of amides is 1. The third-order valence-corrected chi connectivity index (χ3v) is 2.45. The van der Waals surface area contributed by atoms with Crippen LogP contribution in [-0.2, 0) is 11.2 Å². The summed E-state index contributed by atoms with van der Waals surface area (Å²) in [5.74, 6) is -0.0336. The van der Waals surface area contributed by atoms with Crippen molar-refractivity contribution in [1.82, 2.24) is 4.72 Å². The highest BCUT2D eigenvalue weighted by molar-refractivity contribution is 7.98. The minimum atomic E-state index is -0.0336. The van der Waals surface area contributed by atoms with Gasteiger partial charge in [-0.1, -0.05) is 18.2 Å². The van der Waals surface area contributed by atoms with E-state index in [1.54, 1.807) is 0 Å². The minimum Gasteiger partial charge on any atom is -0.272 e. The van der Waals surface area contributed by atoms with Crippen LogP contribution in [0.2, 0.25) is 0 Å². The van der Waals surface area contributed by atoms with E-state index in [9.17, 15) is 4.79 Å².